The number of aromatic nitrogens is 1. The molecule has 0 radical (unpaired) electrons. The molecule has 0 amide bonds. The van der Waals surface area contributed by atoms with Crippen molar-refractivity contribution in [2.24, 2.45) is 0 Å². The lowest BCUT2D eigenvalue weighted by molar-refractivity contribution is -0.168. The summed E-state index contributed by atoms with van der Waals surface area (Å²) in [7, 11) is 0. The second-order valence-corrected chi connectivity index (χ2v) is 3.86. The molecular weight excluding hydrogens is 268 g/mol. The van der Waals surface area contributed by atoms with Crippen molar-refractivity contribution in [2.75, 3.05) is 18.9 Å². The molecule has 0 bridgehead atoms. The highest BCUT2D eigenvalue weighted by Gasteiger charge is 2.41. The predicted octanol–water partition coefficient (Wildman–Crippen LogP) is 1.69. The van der Waals surface area contributed by atoms with Gasteiger partial charge in [0.1, 0.15) is 19.0 Å². The quantitative estimate of drug-likeness (QED) is 0.772. The third-order valence-corrected chi connectivity index (χ3v) is 2.12. The van der Waals surface area contributed by atoms with Gasteiger partial charge < -0.3 is 10.5 Å². The van der Waals surface area contributed by atoms with Crippen molar-refractivity contribution in [1.29, 1.82) is 0 Å². The lowest BCUT2D eigenvalue weighted by Gasteiger charge is -2.14. The first kappa shape index (κ1) is 15.4. The standard InChI is InChI=1S/C11H12F4N2O2/c12-10(13)11(14,15)6-19-5-8(18)3-7-1-2-17-9(16)4-7/h1-2,4,10H,3,5-6H2,(H2,16,17). The molecule has 0 aliphatic rings. The maximum absolute atomic E-state index is 12.5. The van der Waals surface area contributed by atoms with Gasteiger partial charge >= 0.3 is 12.3 Å². The summed E-state index contributed by atoms with van der Waals surface area (Å²) in [5.41, 5.74) is 5.93. The Kier molecular flexibility index (Phi) is 5.22. The van der Waals surface area contributed by atoms with E-state index in [4.69, 9.17) is 5.73 Å². The van der Waals surface area contributed by atoms with Crippen molar-refractivity contribution in [3.05, 3.63) is 23.9 Å². The van der Waals surface area contributed by atoms with Crippen molar-refractivity contribution in [1.82, 2.24) is 4.98 Å². The summed E-state index contributed by atoms with van der Waals surface area (Å²) in [5, 5.41) is 0. The Morgan fingerprint density at radius 3 is 2.74 bits per heavy atom. The second kappa shape index (κ2) is 6.46. The van der Waals surface area contributed by atoms with Crippen LogP contribution in [-0.2, 0) is 16.0 Å². The number of ether oxygens (including phenoxy) is 1. The minimum absolute atomic E-state index is 0.0903. The monoisotopic (exact) mass is 280 g/mol. The first-order chi connectivity index (χ1) is 8.81. The number of halogens is 4. The van der Waals surface area contributed by atoms with E-state index in [1.165, 1.54) is 18.3 Å². The number of hydrogen-bond donors (Lipinski definition) is 1. The van der Waals surface area contributed by atoms with Gasteiger partial charge in [0, 0.05) is 12.6 Å². The highest BCUT2D eigenvalue weighted by atomic mass is 19.3. The average Bonchev–Trinajstić information content (AvgIpc) is 2.28. The number of hydrogen-bond acceptors (Lipinski definition) is 4. The number of alkyl halides is 4. The number of carbonyl (C=O) groups is 1. The maximum Gasteiger partial charge on any atom is 0.330 e. The first-order valence-electron chi connectivity index (χ1n) is 5.27. The molecule has 0 spiro atoms. The summed E-state index contributed by atoms with van der Waals surface area (Å²) < 4.78 is 52.8. The number of carbonyl (C=O) groups excluding carboxylic acids is 1. The molecule has 8 heteroatoms. The van der Waals surface area contributed by atoms with Gasteiger partial charge in [0.15, 0.2) is 5.78 Å². The fourth-order valence-electron chi connectivity index (χ4n) is 1.25. The third kappa shape index (κ3) is 5.21. The maximum atomic E-state index is 12.5. The first-order valence-corrected chi connectivity index (χ1v) is 5.27. The van der Waals surface area contributed by atoms with Gasteiger partial charge in [-0.25, -0.2) is 13.8 Å². The molecule has 0 atom stereocenters. The molecule has 0 saturated carbocycles. The Bertz CT molecular complexity index is 440. The summed E-state index contributed by atoms with van der Waals surface area (Å²) in [6, 6.07) is 2.98. The van der Waals surface area contributed by atoms with Crippen molar-refractivity contribution >= 4 is 11.6 Å². The van der Waals surface area contributed by atoms with E-state index in [9.17, 15) is 22.4 Å². The lowest BCUT2D eigenvalue weighted by Crippen LogP contribution is -2.33. The Balaban J connectivity index is 2.37. The van der Waals surface area contributed by atoms with E-state index >= 15 is 0 Å². The van der Waals surface area contributed by atoms with Crippen LogP contribution in [0.3, 0.4) is 0 Å². The molecule has 106 valence electrons. The molecule has 0 aliphatic carbocycles. The molecule has 19 heavy (non-hydrogen) atoms. The van der Waals surface area contributed by atoms with Gasteiger partial charge in [0.25, 0.3) is 0 Å². The molecule has 1 aromatic heterocycles. The number of rotatable bonds is 7. The Labute approximate surface area is 106 Å². The number of pyridine rings is 1. The highest BCUT2D eigenvalue weighted by molar-refractivity contribution is 5.82. The van der Waals surface area contributed by atoms with E-state index in [0.29, 0.717) is 5.56 Å². The van der Waals surface area contributed by atoms with Crippen LogP contribution < -0.4 is 5.73 Å². The highest BCUT2D eigenvalue weighted by Crippen LogP contribution is 2.22. The Hall–Kier alpha value is -1.70. The number of nitrogen functional groups attached to an aromatic ring is 1. The van der Waals surface area contributed by atoms with Gasteiger partial charge in [-0.15, -0.1) is 0 Å². The number of nitrogens with two attached hydrogens (primary N) is 1. The van der Waals surface area contributed by atoms with Crippen molar-refractivity contribution in [2.45, 2.75) is 18.8 Å². The normalized spacial score (nSPS) is 11.8. The van der Waals surface area contributed by atoms with Gasteiger partial charge in [-0.1, -0.05) is 0 Å². The number of ketones is 1. The number of anilines is 1. The minimum atomic E-state index is -4.25. The van der Waals surface area contributed by atoms with Crippen LogP contribution in [0, 0.1) is 0 Å². The molecule has 0 fully saturated rings. The van der Waals surface area contributed by atoms with Crippen molar-refractivity contribution < 1.29 is 27.1 Å². The zero-order valence-corrected chi connectivity index (χ0v) is 9.78. The van der Waals surface area contributed by atoms with Crippen LogP contribution in [0.5, 0.6) is 0 Å². The van der Waals surface area contributed by atoms with Crippen LogP contribution >= 0.6 is 0 Å². The Morgan fingerprint density at radius 1 is 1.47 bits per heavy atom. The van der Waals surface area contributed by atoms with Crippen LogP contribution in [0.4, 0.5) is 23.4 Å². The third-order valence-electron chi connectivity index (χ3n) is 2.12. The molecule has 1 rings (SSSR count). The van der Waals surface area contributed by atoms with E-state index < -0.39 is 31.3 Å². The predicted molar refractivity (Wildman–Crippen MR) is 59.1 cm³/mol. The van der Waals surface area contributed by atoms with E-state index in [1.807, 2.05) is 0 Å². The van der Waals surface area contributed by atoms with Crippen molar-refractivity contribution in [3.63, 3.8) is 0 Å². The zero-order valence-electron chi connectivity index (χ0n) is 9.78. The van der Waals surface area contributed by atoms with Crippen LogP contribution in [0.2, 0.25) is 0 Å². The minimum Gasteiger partial charge on any atom is -0.384 e. The van der Waals surface area contributed by atoms with Crippen LogP contribution in [-0.4, -0.2) is 36.3 Å². The molecule has 1 heterocycles. The van der Waals surface area contributed by atoms with Crippen LogP contribution in [0.15, 0.2) is 18.3 Å². The summed E-state index contributed by atoms with van der Waals surface area (Å²) in [6.45, 7) is -2.15. The van der Waals surface area contributed by atoms with Gasteiger partial charge in [-0.3, -0.25) is 4.79 Å². The van der Waals surface area contributed by atoms with Gasteiger partial charge in [0.05, 0.1) is 0 Å². The molecule has 0 unspecified atom stereocenters. The van der Waals surface area contributed by atoms with Crippen LogP contribution in [0.25, 0.3) is 0 Å². The van der Waals surface area contributed by atoms with Gasteiger partial charge in [-0.2, -0.15) is 8.78 Å². The lowest BCUT2D eigenvalue weighted by atomic mass is 10.1. The summed E-state index contributed by atoms with van der Waals surface area (Å²) in [5.74, 6) is -4.55. The van der Waals surface area contributed by atoms with E-state index in [-0.39, 0.29) is 12.2 Å². The number of Topliss-reactive ketones (excluding diaryl/α,β-unsaturated/α-hetero) is 1. The molecular formula is C11H12F4N2O2. The zero-order chi connectivity index (χ0) is 14.5. The molecule has 2 N–H and O–H groups in total. The largest absolute Gasteiger partial charge is 0.384 e. The molecule has 1 aromatic rings. The number of nitrogens with zero attached hydrogens (tertiary/aromatic N) is 1. The smallest absolute Gasteiger partial charge is 0.330 e. The molecule has 0 aliphatic heterocycles. The van der Waals surface area contributed by atoms with E-state index in [0.717, 1.165) is 0 Å². The van der Waals surface area contributed by atoms with Crippen molar-refractivity contribution in [3.8, 4) is 0 Å². The second-order valence-electron chi connectivity index (χ2n) is 3.86. The fraction of sp³-hybridized carbons (Fsp3) is 0.455. The average molecular weight is 280 g/mol. The van der Waals surface area contributed by atoms with Gasteiger partial charge in [-0.05, 0) is 17.7 Å². The molecule has 0 aromatic carbocycles. The summed E-state index contributed by atoms with van der Waals surface area (Å²) in [4.78, 5) is 15.1. The Morgan fingerprint density at radius 2 is 2.16 bits per heavy atom. The molecule has 0 saturated heterocycles. The summed E-state index contributed by atoms with van der Waals surface area (Å²) >= 11 is 0. The van der Waals surface area contributed by atoms with Gasteiger partial charge in [0.2, 0.25) is 0 Å². The SMILES string of the molecule is Nc1cc(CC(=O)COCC(F)(F)C(F)F)ccn1. The topological polar surface area (TPSA) is 65.2 Å². The van der Waals surface area contributed by atoms with E-state index in [2.05, 4.69) is 9.72 Å². The van der Waals surface area contributed by atoms with Crippen LogP contribution in [0.1, 0.15) is 5.56 Å². The van der Waals surface area contributed by atoms with E-state index in [1.54, 1.807) is 0 Å². The summed E-state index contributed by atoms with van der Waals surface area (Å²) in [6.07, 6.45) is -2.51. The molecule has 4 nitrogen and oxygen atoms in total. The fourth-order valence-corrected chi connectivity index (χ4v) is 1.25.